The number of benzene rings is 2. The second kappa shape index (κ2) is 19.4. The molecule has 0 radical (unpaired) electrons. The molecule has 4 rings (SSSR count). The fraction of sp³-hybridized carbons (Fsp3) is 0.525. The second-order valence-corrected chi connectivity index (χ2v) is 16.2. The lowest BCUT2D eigenvalue weighted by Crippen LogP contribution is -2.57. The molecular formula is C40H54ClN5O6S. The number of amides is 4. The zero-order chi connectivity index (χ0) is 38.7. The summed E-state index contributed by atoms with van der Waals surface area (Å²) in [6.45, 7) is 9.95. The van der Waals surface area contributed by atoms with Crippen molar-refractivity contribution in [3.8, 4) is 16.2 Å². The van der Waals surface area contributed by atoms with Crippen LogP contribution in [-0.4, -0.2) is 70.0 Å². The number of primary amides is 1. The number of rotatable bonds is 18. The van der Waals surface area contributed by atoms with E-state index in [-0.39, 0.29) is 49.1 Å². The molecule has 1 aliphatic heterocycles. The van der Waals surface area contributed by atoms with Gasteiger partial charge in [-0.2, -0.15) is 0 Å². The van der Waals surface area contributed by atoms with Crippen molar-refractivity contribution in [1.29, 1.82) is 0 Å². The summed E-state index contributed by atoms with van der Waals surface area (Å²) in [5.41, 5.74) is 10.4. The van der Waals surface area contributed by atoms with Crippen LogP contribution in [0.5, 0.6) is 5.75 Å². The predicted octanol–water partition coefficient (Wildman–Crippen LogP) is 6.28. The molecule has 5 N–H and O–H groups in total. The molecule has 0 unspecified atom stereocenters. The Labute approximate surface area is 322 Å². The third-order valence-corrected chi connectivity index (χ3v) is 10.8. The Morgan fingerprint density at radius 3 is 2.42 bits per heavy atom. The standard InChI is InChI=1S/C40H54ClN5O6S/c1-25(28-15-17-29(18-16-28)36-26(2)43-24-53-36)44-38(50)32-22-30(47)23-46(32)39(51)37(40(3,4)5)45-35(49)13-8-6-7-11-27-14-19-31(41)33(21-27)52-20-10-9-12-34(42)48/h14-19,21,24-25,30,32,37,47H,6-13,20,22-23H2,1-5H3,(H2,42,48)(H,44,50)(H,45,49)/t25-,30+,32-,37+/m0/s1. The topological polar surface area (TPSA) is 164 Å². The SMILES string of the molecule is Cc1ncsc1-c1ccc([C@H](C)NC(=O)[C@@H]2C[C@@H](O)CN2C(=O)[C@@H](NC(=O)CCCCCc2ccc(Cl)c(OCCCCC(N)=O)c2)C(C)(C)C)cc1. The van der Waals surface area contributed by atoms with Gasteiger partial charge in [-0.25, -0.2) is 4.98 Å². The number of nitrogens with one attached hydrogen (secondary N) is 2. The van der Waals surface area contributed by atoms with Crippen LogP contribution in [0.3, 0.4) is 0 Å². The lowest BCUT2D eigenvalue weighted by molar-refractivity contribution is -0.144. The van der Waals surface area contributed by atoms with Crippen LogP contribution in [0.2, 0.25) is 5.02 Å². The van der Waals surface area contributed by atoms with E-state index in [0.29, 0.717) is 43.1 Å². The highest BCUT2D eigenvalue weighted by atomic mass is 35.5. The molecule has 4 atom stereocenters. The van der Waals surface area contributed by atoms with E-state index >= 15 is 0 Å². The number of hydrogen-bond donors (Lipinski definition) is 4. The van der Waals surface area contributed by atoms with Crippen LogP contribution in [0, 0.1) is 12.3 Å². The number of aromatic nitrogens is 1. The lowest BCUT2D eigenvalue weighted by Gasteiger charge is -2.35. The molecule has 288 valence electrons. The van der Waals surface area contributed by atoms with E-state index in [1.165, 1.54) is 4.90 Å². The van der Waals surface area contributed by atoms with Gasteiger partial charge < -0.3 is 31.1 Å². The summed E-state index contributed by atoms with van der Waals surface area (Å²) < 4.78 is 5.81. The minimum Gasteiger partial charge on any atom is -0.492 e. The minimum absolute atomic E-state index is 0.0173. The largest absolute Gasteiger partial charge is 0.492 e. The molecule has 11 nitrogen and oxygen atoms in total. The fourth-order valence-corrected chi connectivity index (χ4v) is 7.42. The van der Waals surface area contributed by atoms with Crippen LogP contribution in [-0.2, 0) is 25.6 Å². The van der Waals surface area contributed by atoms with Gasteiger partial charge in [-0.15, -0.1) is 11.3 Å². The number of ether oxygens (including phenoxy) is 1. The van der Waals surface area contributed by atoms with Gasteiger partial charge in [0.05, 0.1) is 39.9 Å². The molecule has 53 heavy (non-hydrogen) atoms. The summed E-state index contributed by atoms with van der Waals surface area (Å²) in [7, 11) is 0. The number of aryl methyl sites for hydroxylation is 2. The molecule has 2 aromatic carbocycles. The van der Waals surface area contributed by atoms with E-state index in [4.69, 9.17) is 22.1 Å². The Balaban J connectivity index is 1.26. The van der Waals surface area contributed by atoms with Crippen molar-refractivity contribution in [1.82, 2.24) is 20.5 Å². The first-order valence-corrected chi connectivity index (χ1v) is 19.7. The van der Waals surface area contributed by atoms with Crippen molar-refractivity contribution < 1.29 is 29.0 Å². The molecule has 1 aliphatic rings. The quantitative estimate of drug-likeness (QED) is 0.111. The normalized spacial score (nSPS) is 16.9. The molecule has 13 heteroatoms. The molecule has 4 amide bonds. The molecule has 0 saturated carbocycles. The first-order chi connectivity index (χ1) is 25.1. The van der Waals surface area contributed by atoms with Crippen molar-refractivity contribution in [2.24, 2.45) is 11.1 Å². The van der Waals surface area contributed by atoms with Gasteiger partial charge in [0.1, 0.15) is 17.8 Å². The van der Waals surface area contributed by atoms with E-state index in [1.807, 2.05) is 82.6 Å². The van der Waals surface area contributed by atoms with Gasteiger partial charge in [0.25, 0.3) is 0 Å². The summed E-state index contributed by atoms with van der Waals surface area (Å²) in [5.74, 6) is -0.678. The minimum atomic E-state index is -0.876. The maximum atomic E-state index is 14.0. The highest BCUT2D eigenvalue weighted by Gasteiger charge is 2.44. The predicted molar refractivity (Wildman–Crippen MR) is 209 cm³/mol. The Kier molecular flexibility index (Phi) is 15.3. The molecule has 1 fully saturated rings. The fourth-order valence-electron chi connectivity index (χ4n) is 6.44. The number of hydrogen-bond acceptors (Lipinski definition) is 8. The molecule has 0 aliphatic carbocycles. The summed E-state index contributed by atoms with van der Waals surface area (Å²) in [5, 5.41) is 17.1. The third-order valence-electron chi connectivity index (χ3n) is 9.50. The van der Waals surface area contributed by atoms with E-state index in [9.17, 15) is 24.3 Å². The van der Waals surface area contributed by atoms with E-state index in [0.717, 1.165) is 46.5 Å². The molecule has 2 heterocycles. The molecule has 3 aromatic rings. The monoisotopic (exact) mass is 767 g/mol. The van der Waals surface area contributed by atoms with Gasteiger partial charge in [0.2, 0.25) is 23.6 Å². The number of unbranched alkanes of at least 4 members (excludes halogenated alkanes) is 3. The first kappa shape index (κ1) is 41.8. The number of carbonyl (C=O) groups is 4. The van der Waals surface area contributed by atoms with Crippen LogP contribution < -0.4 is 21.1 Å². The van der Waals surface area contributed by atoms with Gasteiger partial charge in [-0.05, 0) is 80.2 Å². The number of β-amino-alcohol motifs (C(OH)–C–C–N with tert-alkyl or cyclic N) is 1. The van der Waals surface area contributed by atoms with E-state index in [1.54, 1.807) is 11.3 Å². The van der Waals surface area contributed by atoms with Crippen LogP contribution >= 0.6 is 22.9 Å². The van der Waals surface area contributed by atoms with Crippen molar-refractivity contribution >= 4 is 46.6 Å². The van der Waals surface area contributed by atoms with Crippen molar-refractivity contribution in [2.45, 2.75) is 117 Å². The average Bonchev–Trinajstić information content (AvgIpc) is 3.72. The zero-order valence-corrected chi connectivity index (χ0v) is 33.0. The number of nitrogens with zero attached hydrogens (tertiary/aromatic N) is 2. The highest BCUT2D eigenvalue weighted by Crippen LogP contribution is 2.30. The average molecular weight is 768 g/mol. The summed E-state index contributed by atoms with van der Waals surface area (Å²) in [4.78, 5) is 58.5. The Morgan fingerprint density at radius 1 is 1.04 bits per heavy atom. The number of nitrogens with two attached hydrogens (primary N) is 1. The third kappa shape index (κ3) is 12.3. The smallest absolute Gasteiger partial charge is 0.246 e. The molecular weight excluding hydrogens is 714 g/mol. The number of carbonyl (C=O) groups excluding carboxylic acids is 4. The number of aliphatic hydroxyl groups is 1. The van der Waals surface area contributed by atoms with Gasteiger partial charge in [0.15, 0.2) is 0 Å². The molecule has 1 saturated heterocycles. The molecule has 0 spiro atoms. The van der Waals surface area contributed by atoms with Crippen LogP contribution in [0.25, 0.3) is 10.4 Å². The van der Waals surface area contributed by atoms with Gasteiger partial charge in [0, 0.05) is 25.8 Å². The number of aliphatic hydroxyl groups excluding tert-OH is 1. The van der Waals surface area contributed by atoms with E-state index < -0.39 is 23.6 Å². The van der Waals surface area contributed by atoms with Gasteiger partial charge >= 0.3 is 0 Å². The maximum absolute atomic E-state index is 14.0. The van der Waals surface area contributed by atoms with E-state index in [2.05, 4.69) is 15.6 Å². The van der Waals surface area contributed by atoms with Crippen molar-refractivity contribution in [3.63, 3.8) is 0 Å². The van der Waals surface area contributed by atoms with Crippen LogP contribution in [0.4, 0.5) is 0 Å². The van der Waals surface area contributed by atoms with Crippen molar-refractivity contribution in [2.75, 3.05) is 13.2 Å². The van der Waals surface area contributed by atoms with Gasteiger partial charge in [-0.1, -0.05) is 69.1 Å². The number of halogens is 1. The molecule has 0 bridgehead atoms. The Hall–Kier alpha value is -4.00. The summed E-state index contributed by atoms with van der Waals surface area (Å²) in [6.07, 6.45) is 4.31. The zero-order valence-electron chi connectivity index (χ0n) is 31.5. The van der Waals surface area contributed by atoms with Crippen molar-refractivity contribution in [3.05, 3.63) is 69.8 Å². The highest BCUT2D eigenvalue weighted by molar-refractivity contribution is 7.13. The lowest BCUT2D eigenvalue weighted by atomic mass is 9.85. The van der Waals surface area contributed by atoms with Gasteiger partial charge in [-0.3, -0.25) is 19.2 Å². The Morgan fingerprint density at radius 2 is 1.75 bits per heavy atom. The first-order valence-electron chi connectivity index (χ1n) is 18.4. The second-order valence-electron chi connectivity index (χ2n) is 15.0. The maximum Gasteiger partial charge on any atom is 0.246 e. The summed E-state index contributed by atoms with van der Waals surface area (Å²) in [6, 6.07) is 11.6. The number of likely N-dealkylation sites (tertiary alicyclic amines) is 1. The summed E-state index contributed by atoms with van der Waals surface area (Å²) >= 11 is 7.89. The van der Waals surface area contributed by atoms with Crippen LogP contribution in [0.15, 0.2) is 48.0 Å². The Bertz CT molecular complexity index is 1710. The van der Waals surface area contributed by atoms with Crippen LogP contribution in [0.1, 0.15) is 102 Å². The number of thiazole rings is 1. The molecule has 1 aromatic heterocycles.